The number of aryl methyl sites for hydroxylation is 1. The summed E-state index contributed by atoms with van der Waals surface area (Å²) < 4.78 is 6.42. The van der Waals surface area contributed by atoms with Gasteiger partial charge in [-0.2, -0.15) is 0 Å². The highest BCUT2D eigenvalue weighted by molar-refractivity contribution is 6.31. The quantitative estimate of drug-likeness (QED) is 0.215. The topological polar surface area (TPSA) is 60.8 Å². The average Bonchev–Trinajstić information content (AvgIpc) is 2.87. The Morgan fingerprint density at radius 1 is 0.838 bits per heavy atom. The van der Waals surface area contributed by atoms with Crippen LogP contribution in [0.15, 0.2) is 73.1 Å². The van der Waals surface area contributed by atoms with E-state index < -0.39 is 0 Å². The smallest absolute Gasteiger partial charge is 0.222 e. The van der Waals surface area contributed by atoms with Crippen molar-refractivity contribution in [3.8, 4) is 28.4 Å². The van der Waals surface area contributed by atoms with Crippen LogP contribution in [-0.2, 0) is 12.0 Å². The third-order valence-corrected chi connectivity index (χ3v) is 6.68. The summed E-state index contributed by atoms with van der Waals surface area (Å²) in [5, 5.41) is 1.62. The molecule has 7 heteroatoms. The zero-order valence-electron chi connectivity index (χ0n) is 21.1. The van der Waals surface area contributed by atoms with Gasteiger partial charge in [0, 0.05) is 29.0 Å². The lowest BCUT2D eigenvalue weighted by Crippen LogP contribution is -2.12. The summed E-state index contributed by atoms with van der Waals surface area (Å²) in [7, 11) is 0. The Kier molecular flexibility index (Phi) is 6.84. The first-order valence-electron chi connectivity index (χ1n) is 12.0. The first-order chi connectivity index (χ1) is 17.7. The van der Waals surface area contributed by atoms with E-state index in [0.717, 1.165) is 38.9 Å². The van der Waals surface area contributed by atoms with Gasteiger partial charge in [-0.1, -0.05) is 68.8 Å². The molecule has 0 aliphatic carbocycles. The van der Waals surface area contributed by atoms with E-state index in [0.29, 0.717) is 28.8 Å². The molecule has 0 amide bonds. The Bertz CT molecular complexity index is 1600. The lowest BCUT2D eigenvalue weighted by atomic mass is 9.85. The zero-order valence-corrected chi connectivity index (χ0v) is 22.6. The van der Waals surface area contributed by atoms with Crippen molar-refractivity contribution in [1.29, 1.82) is 0 Å². The van der Waals surface area contributed by atoms with E-state index in [1.165, 1.54) is 0 Å². The lowest BCUT2D eigenvalue weighted by Gasteiger charge is -2.22. The highest BCUT2D eigenvalue weighted by Crippen LogP contribution is 2.39. The summed E-state index contributed by atoms with van der Waals surface area (Å²) in [4.78, 5) is 18.0. The summed E-state index contributed by atoms with van der Waals surface area (Å²) in [6, 6.07) is 19.8. The highest BCUT2D eigenvalue weighted by Gasteiger charge is 2.21. The van der Waals surface area contributed by atoms with E-state index in [4.69, 9.17) is 32.9 Å². The molecule has 0 bridgehead atoms. The minimum atomic E-state index is -0.0689. The van der Waals surface area contributed by atoms with Gasteiger partial charge in [0.2, 0.25) is 5.28 Å². The van der Waals surface area contributed by atoms with Crippen LogP contribution in [0.2, 0.25) is 10.3 Å². The van der Waals surface area contributed by atoms with Crippen LogP contribution in [0.4, 0.5) is 0 Å². The molecule has 0 spiro atoms. The largest absolute Gasteiger partial charge is 0.488 e. The van der Waals surface area contributed by atoms with Crippen molar-refractivity contribution in [2.24, 2.45) is 0 Å². The van der Waals surface area contributed by atoms with Crippen LogP contribution in [0.3, 0.4) is 0 Å². The van der Waals surface area contributed by atoms with Crippen molar-refractivity contribution >= 4 is 34.1 Å². The van der Waals surface area contributed by atoms with E-state index in [1.54, 1.807) is 18.5 Å². The molecule has 37 heavy (non-hydrogen) atoms. The molecule has 3 heterocycles. The molecule has 0 fully saturated rings. The molecule has 0 atom stereocenters. The molecule has 5 nitrogen and oxygen atoms in total. The molecule has 5 aromatic rings. The molecule has 0 unspecified atom stereocenters. The molecule has 0 aliphatic rings. The second-order valence-electron chi connectivity index (χ2n) is 9.94. The molecule has 0 N–H and O–H groups in total. The second-order valence-corrected chi connectivity index (χ2v) is 10.7. The van der Waals surface area contributed by atoms with Gasteiger partial charge in [0.15, 0.2) is 0 Å². The van der Waals surface area contributed by atoms with Crippen molar-refractivity contribution in [1.82, 2.24) is 19.9 Å². The number of hydrogen-bond donors (Lipinski definition) is 0. The van der Waals surface area contributed by atoms with Gasteiger partial charge < -0.3 is 4.74 Å². The summed E-state index contributed by atoms with van der Waals surface area (Å²) in [5.41, 5.74) is 6.85. The fourth-order valence-corrected chi connectivity index (χ4v) is 4.92. The molecule has 0 aliphatic heterocycles. The minimum Gasteiger partial charge on any atom is -0.488 e. The van der Waals surface area contributed by atoms with E-state index in [-0.39, 0.29) is 10.7 Å². The fraction of sp³-hybridized carbons (Fsp3) is 0.200. The Morgan fingerprint density at radius 3 is 2.32 bits per heavy atom. The number of benzene rings is 2. The zero-order chi connectivity index (χ0) is 26.2. The van der Waals surface area contributed by atoms with Gasteiger partial charge in [0.05, 0.1) is 22.3 Å². The maximum absolute atomic E-state index is 6.76. The Morgan fingerprint density at radius 2 is 1.59 bits per heavy atom. The molecular formula is C30H26Cl2N4O. The third-order valence-electron chi connectivity index (χ3n) is 6.19. The first kappa shape index (κ1) is 25.1. The number of pyridine rings is 2. The van der Waals surface area contributed by atoms with Crippen molar-refractivity contribution in [3.05, 3.63) is 100 Å². The number of aromatic nitrogens is 4. The first-order valence-corrected chi connectivity index (χ1v) is 12.7. The summed E-state index contributed by atoms with van der Waals surface area (Å²) in [6.45, 7) is 8.94. The second kappa shape index (κ2) is 10.1. The summed E-state index contributed by atoms with van der Waals surface area (Å²) >= 11 is 12.9. The van der Waals surface area contributed by atoms with Gasteiger partial charge in [0.1, 0.15) is 18.1 Å². The number of nitrogens with zero attached hydrogens (tertiary/aromatic N) is 4. The minimum absolute atomic E-state index is 0.0689. The molecule has 0 radical (unpaired) electrons. The van der Waals surface area contributed by atoms with Crippen molar-refractivity contribution in [3.63, 3.8) is 0 Å². The van der Waals surface area contributed by atoms with Crippen LogP contribution < -0.4 is 4.74 Å². The lowest BCUT2D eigenvalue weighted by molar-refractivity contribution is 0.310. The predicted molar refractivity (Wildman–Crippen MR) is 150 cm³/mol. The predicted octanol–water partition coefficient (Wildman–Crippen LogP) is 8.25. The summed E-state index contributed by atoms with van der Waals surface area (Å²) in [5.74, 6) is 0.650. The normalized spacial score (nSPS) is 11.6. The Hall–Kier alpha value is -3.54. The maximum atomic E-state index is 6.76. The highest BCUT2D eigenvalue weighted by atomic mass is 35.5. The summed E-state index contributed by atoms with van der Waals surface area (Å²) in [6.07, 6.45) is 3.33. The number of rotatable bonds is 5. The number of fused-ring (bicyclic) bond motifs is 1. The van der Waals surface area contributed by atoms with Gasteiger partial charge in [-0.3, -0.25) is 4.98 Å². The van der Waals surface area contributed by atoms with Crippen molar-refractivity contribution < 1.29 is 4.74 Å². The standard InChI is InChI=1S/C30H26Cl2N4O/c1-18-14-21(30(2,3)4)22(31)15-20(18)25-16-26(37-17-19-8-6-5-7-9-19)27-23(35-25)10-12-33-28(27)24-11-13-34-29(32)36-24/h5-16H,17H2,1-4H3. The molecular weight excluding hydrogens is 503 g/mol. The molecule has 0 saturated heterocycles. The van der Waals surface area contributed by atoms with Gasteiger partial charge in [0.25, 0.3) is 0 Å². The van der Waals surface area contributed by atoms with Crippen LogP contribution in [0.1, 0.15) is 37.5 Å². The Labute approximate surface area is 226 Å². The SMILES string of the molecule is Cc1cc(C(C)(C)C)c(Cl)cc1-c1cc(OCc2ccccc2)c2c(-c3ccnc(Cl)n3)nccc2n1. The van der Waals surface area contributed by atoms with Crippen molar-refractivity contribution in [2.45, 2.75) is 39.7 Å². The molecule has 186 valence electrons. The van der Waals surface area contributed by atoms with E-state index in [1.807, 2.05) is 48.5 Å². The van der Waals surface area contributed by atoms with Gasteiger partial charge in [-0.25, -0.2) is 15.0 Å². The van der Waals surface area contributed by atoms with E-state index >= 15 is 0 Å². The van der Waals surface area contributed by atoms with Gasteiger partial charge in [-0.05, 0) is 58.8 Å². The van der Waals surface area contributed by atoms with Crippen LogP contribution in [-0.4, -0.2) is 19.9 Å². The number of ether oxygens (including phenoxy) is 1. The fourth-order valence-electron chi connectivity index (χ4n) is 4.33. The maximum Gasteiger partial charge on any atom is 0.222 e. The Balaban J connectivity index is 1.70. The monoisotopic (exact) mass is 528 g/mol. The molecule has 0 saturated carbocycles. The number of hydrogen-bond acceptors (Lipinski definition) is 5. The van der Waals surface area contributed by atoms with Gasteiger partial charge >= 0.3 is 0 Å². The van der Waals surface area contributed by atoms with E-state index in [2.05, 4.69) is 48.7 Å². The van der Waals surface area contributed by atoms with Crippen LogP contribution in [0, 0.1) is 6.92 Å². The van der Waals surface area contributed by atoms with E-state index in [9.17, 15) is 0 Å². The molecule has 2 aromatic carbocycles. The molecule has 3 aromatic heterocycles. The van der Waals surface area contributed by atoms with Gasteiger partial charge in [-0.15, -0.1) is 0 Å². The third kappa shape index (κ3) is 5.29. The van der Waals surface area contributed by atoms with Crippen LogP contribution >= 0.6 is 23.2 Å². The van der Waals surface area contributed by atoms with Crippen LogP contribution in [0.25, 0.3) is 33.5 Å². The number of halogens is 2. The van der Waals surface area contributed by atoms with Crippen LogP contribution in [0.5, 0.6) is 5.75 Å². The average molecular weight is 529 g/mol. The van der Waals surface area contributed by atoms with Crippen molar-refractivity contribution in [2.75, 3.05) is 0 Å². The molecule has 5 rings (SSSR count).